The quantitative estimate of drug-likeness (QED) is 0.730. The first-order chi connectivity index (χ1) is 5.59. The maximum absolute atomic E-state index is 5.59. The summed E-state index contributed by atoms with van der Waals surface area (Å²) >= 11 is 1.56. The van der Waals surface area contributed by atoms with E-state index in [0.717, 1.165) is 22.4 Å². The second kappa shape index (κ2) is 3.96. The van der Waals surface area contributed by atoms with Gasteiger partial charge in [0, 0.05) is 11.8 Å². The minimum Gasteiger partial charge on any atom is -0.437 e. The molecule has 0 spiro atoms. The second-order valence-electron chi connectivity index (χ2n) is 2.91. The zero-order valence-electron chi connectivity index (χ0n) is 7.63. The first-order valence-corrected chi connectivity index (χ1v) is 4.90. The van der Waals surface area contributed by atoms with Crippen LogP contribution < -0.4 is 5.73 Å². The molecule has 4 heteroatoms. The van der Waals surface area contributed by atoms with Gasteiger partial charge in [-0.25, -0.2) is 4.98 Å². The van der Waals surface area contributed by atoms with E-state index >= 15 is 0 Å². The Bertz CT molecular complexity index is 238. The van der Waals surface area contributed by atoms with Crippen molar-refractivity contribution in [2.75, 3.05) is 5.75 Å². The zero-order chi connectivity index (χ0) is 9.14. The molecular weight excluding hydrogens is 172 g/mol. The van der Waals surface area contributed by atoms with E-state index in [0.29, 0.717) is 0 Å². The SMILES string of the molecule is Cc1nc(SCC(C)N)oc1C. The average Bonchev–Trinajstić information content (AvgIpc) is 2.28. The van der Waals surface area contributed by atoms with E-state index in [2.05, 4.69) is 4.98 Å². The maximum Gasteiger partial charge on any atom is 0.256 e. The molecule has 0 aliphatic rings. The predicted octanol–water partition coefficient (Wildman–Crippen LogP) is 1.73. The highest BCUT2D eigenvalue weighted by Crippen LogP contribution is 2.20. The Balaban J connectivity index is 2.53. The van der Waals surface area contributed by atoms with Crippen LogP contribution in [0.2, 0.25) is 0 Å². The van der Waals surface area contributed by atoms with E-state index in [4.69, 9.17) is 10.2 Å². The molecule has 0 aromatic carbocycles. The lowest BCUT2D eigenvalue weighted by atomic mass is 10.4. The number of hydrogen-bond acceptors (Lipinski definition) is 4. The van der Waals surface area contributed by atoms with Crippen LogP contribution in [-0.2, 0) is 0 Å². The number of aromatic nitrogens is 1. The van der Waals surface area contributed by atoms with Crippen molar-refractivity contribution in [1.29, 1.82) is 0 Å². The van der Waals surface area contributed by atoms with Gasteiger partial charge in [-0.1, -0.05) is 11.8 Å². The summed E-state index contributed by atoms with van der Waals surface area (Å²) in [7, 11) is 0. The van der Waals surface area contributed by atoms with Crippen molar-refractivity contribution in [1.82, 2.24) is 4.98 Å². The summed E-state index contributed by atoms with van der Waals surface area (Å²) in [4.78, 5) is 4.22. The lowest BCUT2D eigenvalue weighted by Crippen LogP contribution is -2.17. The van der Waals surface area contributed by atoms with E-state index in [1.807, 2.05) is 20.8 Å². The maximum atomic E-state index is 5.59. The third-order valence-corrected chi connectivity index (χ3v) is 2.59. The van der Waals surface area contributed by atoms with Gasteiger partial charge in [0.2, 0.25) is 0 Å². The molecule has 0 aliphatic carbocycles. The number of thioether (sulfide) groups is 1. The zero-order valence-corrected chi connectivity index (χ0v) is 8.44. The van der Waals surface area contributed by atoms with Crippen molar-refractivity contribution < 1.29 is 4.42 Å². The highest BCUT2D eigenvalue weighted by molar-refractivity contribution is 7.99. The number of oxazole rings is 1. The van der Waals surface area contributed by atoms with E-state index in [9.17, 15) is 0 Å². The van der Waals surface area contributed by atoms with E-state index in [-0.39, 0.29) is 6.04 Å². The minimum absolute atomic E-state index is 0.183. The summed E-state index contributed by atoms with van der Waals surface area (Å²) in [5.41, 5.74) is 6.56. The molecule has 1 aromatic heterocycles. The summed E-state index contributed by atoms with van der Waals surface area (Å²) in [6, 6.07) is 0.183. The molecule has 1 heterocycles. The van der Waals surface area contributed by atoms with Gasteiger partial charge in [-0.15, -0.1) is 0 Å². The Morgan fingerprint density at radius 3 is 2.67 bits per heavy atom. The van der Waals surface area contributed by atoms with Crippen LogP contribution >= 0.6 is 11.8 Å². The molecule has 12 heavy (non-hydrogen) atoms. The van der Waals surface area contributed by atoms with E-state index < -0.39 is 0 Å². The molecule has 1 atom stereocenters. The van der Waals surface area contributed by atoms with Gasteiger partial charge in [0.1, 0.15) is 5.76 Å². The average molecular weight is 186 g/mol. The van der Waals surface area contributed by atoms with Gasteiger partial charge in [0.05, 0.1) is 5.69 Å². The van der Waals surface area contributed by atoms with Crippen molar-refractivity contribution >= 4 is 11.8 Å². The lowest BCUT2D eigenvalue weighted by Gasteiger charge is -1.99. The van der Waals surface area contributed by atoms with E-state index in [1.165, 1.54) is 0 Å². The van der Waals surface area contributed by atoms with E-state index in [1.54, 1.807) is 11.8 Å². The first-order valence-electron chi connectivity index (χ1n) is 3.92. The summed E-state index contributed by atoms with van der Waals surface area (Å²) in [6.45, 7) is 5.82. The van der Waals surface area contributed by atoms with Crippen molar-refractivity contribution in [2.24, 2.45) is 5.73 Å². The van der Waals surface area contributed by atoms with Gasteiger partial charge in [-0.3, -0.25) is 0 Å². The van der Waals surface area contributed by atoms with Crippen LogP contribution in [-0.4, -0.2) is 16.8 Å². The van der Waals surface area contributed by atoms with Crippen LogP contribution in [0.5, 0.6) is 0 Å². The molecule has 1 aromatic rings. The van der Waals surface area contributed by atoms with Crippen LogP contribution in [0.3, 0.4) is 0 Å². The van der Waals surface area contributed by atoms with Crippen molar-refractivity contribution in [3.05, 3.63) is 11.5 Å². The van der Waals surface area contributed by atoms with Crippen molar-refractivity contribution in [3.8, 4) is 0 Å². The highest BCUT2D eigenvalue weighted by Gasteiger charge is 2.06. The van der Waals surface area contributed by atoms with Gasteiger partial charge >= 0.3 is 0 Å². The largest absolute Gasteiger partial charge is 0.437 e. The number of nitrogens with two attached hydrogens (primary N) is 1. The molecule has 0 saturated heterocycles. The normalized spacial score (nSPS) is 13.3. The Kier molecular flexibility index (Phi) is 3.17. The molecular formula is C8H14N2OS. The third-order valence-electron chi connectivity index (χ3n) is 1.48. The summed E-state index contributed by atoms with van der Waals surface area (Å²) in [5.74, 6) is 1.74. The number of nitrogens with zero attached hydrogens (tertiary/aromatic N) is 1. The molecule has 0 amide bonds. The summed E-state index contributed by atoms with van der Waals surface area (Å²) in [6.07, 6.45) is 0. The molecule has 3 nitrogen and oxygen atoms in total. The third kappa shape index (κ3) is 2.53. The molecule has 0 aliphatic heterocycles. The first kappa shape index (κ1) is 9.61. The number of hydrogen-bond donors (Lipinski definition) is 1. The summed E-state index contributed by atoms with van der Waals surface area (Å²) < 4.78 is 5.36. The molecule has 0 bridgehead atoms. The van der Waals surface area contributed by atoms with Crippen LogP contribution in [0.15, 0.2) is 9.64 Å². The van der Waals surface area contributed by atoms with Gasteiger partial charge in [-0.2, -0.15) is 0 Å². The smallest absolute Gasteiger partial charge is 0.256 e. The Hall–Kier alpha value is -0.480. The molecule has 68 valence electrons. The van der Waals surface area contributed by atoms with Gasteiger partial charge < -0.3 is 10.2 Å². The standard InChI is InChI=1S/C8H14N2OS/c1-5(9)4-12-8-10-6(2)7(3)11-8/h5H,4,9H2,1-3H3. The molecule has 0 radical (unpaired) electrons. The second-order valence-corrected chi connectivity index (χ2v) is 3.88. The fourth-order valence-corrected chi connectivity index (χ4v) is 1.50. The molecule has 2 N–H and O–H groups in total. The van der Waals surface area contributed by atoms with Gasteiger partial charge in [0.15, 0.2) is 0 Å². The van der Waals surface area contributed by atoms with Gasteiger partial charge in [-0.05, 0) is 20.8 Å². The predicted molar refractivity (Wildman–Crippen MR) is 50.4 cm³/mol. The Morgan fingerprint density at radius 2 is 2.25 bits per heavy atom. The molecule has 0 fully saturated rings. The molecule has 1 rings (SSSR count). The molecule has 0 saturated carbocycles. The van der Waals surface area contributed by atoms with Crippen LogP contribution in [0.1, 0.15) is 18.4 Å². The number of aryl methyl sites for hydroxylation is 2. The Morgan fingerprint density at radius 1 is 1.58 bits per heavy atom. The fourth-order valence-electron chi connectivity index (χ4n) is 0.708. The van der Waals surface area contributed by atoms with Crippen LogP contribution in [0, 0.1) is 13.8 Å². The summed E-state index contributed by atoms with van der Waals surface area (Å²) in [5, 5.41) is 0.724. The molecule has 1 unspecified atom stereocenters. The monoisotopic (exact) mass is 186 g/mol. The lowest BCUT2D eigenvalue weighted by molar-refractivity contribution is 0.431. The van der Waals surface area contributed by atoms with Crippen molar-refractivity contribution in [2.45, 2.75) is 32.0 Å². The minimum atomic E-state index is 0.183. The highest BCUT2D eigenvalue weighted by atomic mass is 32.2. The topological polar surface area (TPSA) is 52.0 Å². The van der Waals surface area contributed by atoms with Crippen LogP contribution in [0.4, 0.5) is 0 Å². The van der Waals surface area contributed by atoms with Crippen LogP contribution in [0.25, 0.3) is 0 Å². The Labute approximate surface area is 76.7 Å². The number of rotatable bonds is 3. The van der Waals surface area contributed by atoms with Crippen molar-refractivity contribution in [3.63, 3.8) is 0 Å². The van der Waals surface area contributed by atoms with Gasteiger partial charge in [0.25, 0.3) is 5.22 Å². The fraction of sp³-hybridized carbons (Fsp3) is 0.625.